The summed E-state index contributed by atoms with van der Waals surface area (Å²) in [5.74, 6) is 0.443. The van der Waals surface area contributed by atoms with E-state index in [9.17, 15) is 4.79 Å². The lowest BCUT2D eigenvalue weighted by atomic mass is 9.96. The average Bonchev–Trinajstić information content (AvgIpc) is 2.30. The van der Waals surface area contributed by atoms with E-state index in [1.165, 1.54) is 5.57 Å². The number of carbonyl (C=O) groups is 1. The van der Waals surface area contributed by atoms with Gasteiger partial charge in [0.2, 0.25) is 0 Å². The number of nitrogens with zero attached hydrogens (tertiary/aromatic N) is 1. The van der Waals surface area contributed by atoms with Crippen LogP contribution in [0, 0.1) is 5.92 Å². The second-order valence-corrected chi connectivity index (χ2v) is 3.38. The normalized spacial score (nSPS) is 16.5. The average molecular weight is 177 g/mol. The molecule has 1 aliphatic rings. The molecule has 0 aromatic carbocycles. The highest BCUT2D eigenvalue weighted by Gasteiger charge is 2.10. The quantitative estimate of drug-likeness (QED) is 0.609. The first kappa shape index (κ1) is 9.90. The Hall–Kier alpha value is -1.18. The van der Waals surface area contributed by atoms with Gasteiger partial charge < -0.3 is 4.79 Å². The Morgan fingerprint density at radius 1 is 1.62 bits per heavy atom. The second-order valence-electron chi connectivity index (χ2n) is 3.38. The van der Waals surface area contributed by atoms with Gasteiger partial charge in [0.1, 0.15) is 6.29 Å². The molecule has 0 aromatic rings. The Bertz CT molecular complexity index is 272. The van der Waals surface area contributed by atoms with Crippen molar-refractivity contribution in [2.45, 2.75) is 26.7 Å². The minimum Gasteiger partial charge on any atom is -0.303 e. The van der Waals surface area contributed by atoms with Gasteiger partial charge in [-0.25, -0.2) is 0 Å². The van der Waals surface area contributed by atoms with Gasteiger partial charge in [-0.05, 0) is 17.9 Å². The number of carbonyl (C=O) groups excluding carboxylic acids is 1. The van der Waals surface area contributed by atoms with Gasteiger partial charge in [0, 0.05) is 12.6 Å². The van der Waals surface area contributed by atoms with E-state index >= 15 is 0 Å². The molecule has 1 aliphatic heterocycles. The molecule has 0 amide bonds. The van der Waals surface area contributed by atoms with Crippen molar-refractivity contribution in [3.63, 3.8) is 0 Å². The Balaban J connectivity index is 2.89. The van der Waals surface area contributed by atoms with Crippen LogP contribution in [0.5, 0.6) is 0 Å². The van der Waals surface area contributed by atoms with E-state index in [2.05, 4.69) is 24.9 Å². The minimum absolute atomic E-state index is 0.425. The first-order chi connectivity index (χ1) is 6.25. The number of hydrogen-bond acceptors (Lipinski definition) is 2. The van der Waals surface area contributed by atoms with Crippen molar-refractivity contribution in [2.24, 2.45) is 10.9 Å². The van der Waals surface area contributed by atoms with Crippen molar-refractivity contribution >= 4 is 12.0 Å². The molecule has 70 valence electrons. The highest BCUT2D eigenvalue weighted by molar-refractivity contribution is 6.06. The summed E-state index contributed by atoms with van der Waals surface area (Å²) in [5, 5.41) is 0. The van der Waals surface area contributed by atoms with E-state index in [0.717, 1.165) is 18.4 Å². The molecule has 0 spiro atoms. The summed E-state index contributed by atoms with van der Waals surface area (Å²) >= 11 is 0. The lowest BCUT2D eigenvalue weighted by Gasteiger charge is -2.10. The van der Waals surface area contributed by atoms with Crippen LogP contribution >= 0.6 is 0 Å². The van der Waals surface area contributed by atoms with Gasteiger partial charge in [-0.15, -0.1) is 0 Å². The standard InChI is InChI=1S/C11H15NO/c1-9(2)10-5-3-4-7-12-11(10)6-8-13/h4-5,7-9H,3,6H2,1-2H3. The summed E-state index contributed by atoms with van der Waals surface area (Å²) in [7, 11) is 0. The van der Waals surface area contributed by atoms with Crippen molar-refractivity contribution in [1.29, 1.82) is 0 Å². The predicted octanol–water partition coefficient (Wildman–Crippen LogP) is 2.52. The van der Waals surface area contributed by atoms with Crippen molar-refractivity contribution < 1.29 is 4.79 Å². The summed E-state index contributed by atoms with van der Waals surface area (Å²) in [5.41, 5.74) is 2.12. The summed E-state index contributed by atoms with van der Waals surface area (Å²) in [4.78, 5) is 14.7. The zero-order valence-electron chi connectivity index (χ0n) is 8.16. The molecule has 1 rings (SSSR count). The molecular formula is C11H15NO. The molecule has 0 aliphatic carbocycles. The number of allylic oxidation sites excluding steroid dienone is 3. The molecule has 0 fully saturated rings. The summed E-state index contributed by atoms with van der Waals surface area (Å²) < 4.78 is 0. The SMILES string of the molecule is CC(C)C1=CCC=CN=C1CC=O. The van der Waals surface area contributed by atoms with Crippen LogP contribution in [0.2, 0.25) is 0 Å². The molecule has 0 atom stereocenters. The molecule has 13 heavy (non-hydrogen) atoms. The van der Waals surface area contributed by atoms with E-state index in [4.69, 9.17) is 0 Å². The zero-order chi connectivity index (χ0) is 9.68. The van der Waals surface area contributed by atoms with Crippen LogP contribution in [0.25, 0.3) is 0 Å². The van der Waals surface area contributed by atoms with E-state index in [1.807, 2.05) is 6.08 Å². The van der Waals surface area contributed by atoms with Gasteiger partial charge >= 0.3 is 0 Å². The zero-order valence-corrected chi connectivity index (χ0v) is 8.16. The highest BCUT2D eigenvalue weighted by atomic mass is 16.1. The lowest BCUT2D eigenvalue weighted by Crippen LogP contribution is -2.08. The Kier molecular flexibility index (Phi) is 3.62. The van der Waals surface area contributed by atoms with E-state index in [0.29, 0.717) is 12.3 Å². The Morgan fingerprint density at radius 3 is 3.00 bits per heavy atom. The van der Waals surface area contributed by atoms with Gasteiger partial charge in [-0.1, -0.05) is 26.0 Å². The Morgan fingerprint density at radius 2 is 2.38 bits per heavy atom. The fourth-order valence-electron chi connectivity index (χ4n) is 1.41. The third-order valence-corrected chi connectivity index (χ3v) is 2.04. The van der Waals surface area contributed by atoms with Gasteiger partial charge in [-0.2, -0.15) is 0 Å². The molecule has 0 saturated heterocycles. The van der Waals surface area contributed by atoms with Crippen LogP contribution in [-0.2, 0) is 4.79 Å². The van der Waals surface area contributed by atoms with E-state index < -0.39 is 0 Å². The van der Waals surface area contributed by atoms with Crippen LogP contribution in [0.15, 0.2) is 28.9 Å². The number of hydrogen-bond donors (Lipinski definition) is 0. The molecule has 0 saturated carbocycles. The largest absolute Gasteiger partial charge is 0.303 e. The van der Waals surface area contributed by atoms with Crippen molar-refractivity contribution in [3.05, 3.63) is 23.9 Å². The van der Waals surface area contributed by atoms with Crippen LogP contribution < -0.4 is 0 Å². The maximum atomic E-state index is 10.4. The summed E-state index contributed by atoms with van der Waals surface area (Å²) in [6, 6.07) is 0. The third kappa shape index (κ3) is 2.65. The molecule has 2 heteroatoms. The monoisotopic (exact) mass is 177 g/mol. The molecule has 0 N–H and O–H groups in total. The molecule has 0 unspecified atom stereocenters. The minimum atomic E-state index is 0.425. The molecular weight excluding hydrogens is 162 g/mol. The first-order valence-electron chi connectivity index (χ1n) is 4.61. The molecule has 0 aromatic heterocycles. The summed E-state index contributed by atoms with van der Waals surface area (Å²) in [6.45, 7) is 4.24. The number of rotatable bonds is 3. The fraction of sp³-hybridized carbons (Fsp3) is 0.455. The first-order valence-corrected chi connectivity index (χ1v) is 4.61. The maximum Gasteiger partial charge on any atom is 0.125 e. The molecule has 1 heterocycles. The highest BCUT2D eigenvalue weighted by Crippen LogP contribution is 2.16. The van der Waals surface area contributed by atoms with Crippen LogP contribution in [0.4, 0.5) is 0 Å². The smallest absolute Gasteiger partial charge is 0.125 e. The summed E-state index contributed by atoms with van der Waals surface area (Å²) in [6.07, 6.45) is 8.18. The van der Waals surface area contributed by atoms with Crippen molar-refractivity contribution in [1.82, 2.24) is 0 Å². The van der Waals surface area contributed by atoms with Crippen molar-refractivity contribution in [2.75, 3.05) is 0 Å². The number of aliphatic imine (C=N–C) groups is 1. The van der Waals surface area contributed by atoms with Gasteiger partial charge in [-0.3, -0.25) is 4.99 Å². The lowest BCUT2D eigenvalue weighted by molar-refractivity contribution is -0.106. The van der Waals surface area contributed by atoms with Crippen LogP contribution in [0.1, 0.15) is 26.7 Å². The van der Waals surface area contributed by atoms with Crippen LogP contribution in [-0.4, -0.2) is 12.0 Å². The second kappa shape index (κ2) is 4.75. The maximum absolute atomic E-state index is 10.4. The van der Waals surface area contributed by atoms with Crippen molar-refractivity contribution in [3.8, 4) is 0 Å². The van der Waals surface area contributed by atoms with Gasteiger partial charge in [0.15, 0.2) is 0 Å². The number of aldehydes is 1. The van der Waals surface area contributed by atoms with E-state index in [1.54, 1.807) is 6.20 Å². The molecule has 0 radical (unpaired) electrons. The fourth-order valence-corrected chi connectivity index (χ4v) is 1.41. The van der Waals surface area contributed by atoms with E-state index in [-0.39, 0.29) is 0 Å². The van der Waals surface area contributed by atoms with Gasteiger partial charge in [0.05, 0.1) is 5.71 Å². The van der Waals surface area contributed by atoms with Crippen LogP contribution in [0.3, 0.4) is 0 Å². The molecule has 0 bridgehead atoms. The Labute approximate surface area is 79.1 Å². The molecule has 2 nitrogen and oxygen atoms in total. The topological polar surface area (TPSA) is 29.4 Å². The third-order valence-electron chi connectivity index (χ3n) is 2.04. The predicted molar refractivity (Wildman–Crippen MR) is 54.8 cm³/mol. The van der Waals surface area contributed by atoms with Gasteiger partial charge in [0.25, 0.3) is 0 Å².